The summed E-state index contributed by atoms with van der Waals surface area (Å²) >= 11 is 2.01. The van der Waals surface area contributed by atoms with E-state index in [1.165, 1.54) is 23.1 Å². The molecule has 1 amide bonds. The largest absolute Gasteiger partial charge is 0.444 e. The molecule has 0 saturated carbocycles. The summed E-state index contributed by atoms with van der Waals surface area (Å²) in [4.78, 5) is 30.8. The van der Waals surface area contributed by atoms with E-state index < -0.39 is 57.6 Å². The number of nitrogens with zero attached hydrogens (tertiary/aromatic N) is 3. The zero-order valence-electron chi connectivity index (χ0n) is 24.3. The number of amides is 1. The van der Waals surface area contributed by atoms with Crippen LogP contribution in [0.3, 0.4) is 0 Å². The maximum absolute atomic E-state index is 13.8. The SMILES string of the molecule is C=CCON([C@@H]1CN(C(=O)OC(C)(C)C)[C@@H](CO[Si](C)(C)C(C)(C)C)C=C1I)S(=O)(=O)c1ccccc1[N+](=O)[O-]. The Hall–Kier alpha value is -1.85. The van der Waals surface area contributed by atoms with Gasteiger partial charge >= 0.3 is 6.09 Å². The van der Waals surface area contributed by atoms with Crippen LogP contribution in [0.25, 0.3) is 0 Å². The van der Waals surface area contributed by atoms with Gasteiger partial charge in [0.25, 0.3) is 15.7 Å². The molecule has 14 heteroatoms. The van der Waals surface area contributed by atoms with Crippen LogP contribution in [-0.4, -0.2) is 74.6 Å². The highest BCUT2D eigenvalue weighted by Crippen LogP contribution is 2.38. The van der Waals surface area contributed by atoms with Gasteiger partial charge in [-0.25, -0.2) is 13.2 Å². The topological polar surface area (TPSA) is 129 Å². The molecule has 0 unspecified atom stereocenters. The molecule has 1 aromatic carbocycles. The molecule has 224 valence electrons. The summed E-state index contributed by atoms with van der Waals surface area (Å²) in [5, 5.41) is 11.6. The normalized spacial score (nSPS) is 18.9. The zero-order valence-corrected chi connectivity index (χ0v) is 28.3. The Labute approximate surface area is 252 Å². The molecule has 40 heavy (non-hydrogen) atoms. The zero-order chi connectivity index (χ0) is 30.7. The van der Waals surface area contributed by atoms with Crippen molar-refractivity contribution in [2.75, 3.05) is 19.8 Å². The molecule has 0 fully saturated rings. The first-order chi connectivity index (χ1) is 18.2. The van der Waals surface area contributed by atoms with Crippen LogP contribution in [0.5, 0.6) is 0 Å². The van der Waals surface area contributed by atoms with Crippen LogP contribution in [0, 0.1) is 10.1 Å². The third-order valence-electron chi connectivity index (χ3n) is 6.64. The number of carbonyl (C=O) groups is 1. The fourth-order valence-corrected chi connectivity index (χ4v) is 7.16. The number of sulfonamides is 1. The Morgan fingerprint density at radius 1 is 1.25 bits per heavy atom. The monoisotopic (exact) mass is 709 g/mol. The van der Waals surface area contributed by atoms with Crippen LogP contribution in [0.1, 0.15) is 41.5 Å². The van der Waals surface area contributed by atoms with Crippen molar-refractivity contribution in [3.63, 3.8) is 0 Å². The van der Waals surface area contributed by atoms with Gasteiger partial charge in [-0.3, -0.25) is 19.9 Å². The van der Waals surface area contributed by atoms with Gasteiger partial charge in [0.1, 0.15) is 11.6 Å². The third kappa shape index (κ3) is 8.35. The summed E-state index contributed by atoms with van der Waals surface area (Å²) in [6, 6.07) is 3.49. The summed E-state index contributed by atoms with van der Waals surface area (Å²) in [5.74, 6) is 0. The molecule has 1 heterocycles. The van der Waals surface area contributed by atoms with Crippen molar-refractivity contribution in [2.45, 2.75) is 82.3 Å². The number of para-hydroxylation sites is 1. The second kappa shape index (κ2) is 13.0. The predicted molar refractivity (Wildman–Crippen MR) is 164 cm³/mol. The molecule has 1 aliphatic heterocycles. The van der Waals surface area contributed by atoms with E-state index in [1.807, 2.05) is 22.6 Å². The molecule has 0 radical (unpaired) electrons. The van der Waals surface area contributed by atoms with E-state index in [4.69, 9.17) is 14.0 Å². The number of ether oxygens (including phenoxy) is 1. The van der Waals surface area contributed by atoms with Gasteiger partial charge in [0.2, 0.25) is 0 Å². The van der Waals surface area contributed by atoms with Gasteiger partial charge in [0.05, 0.1) is 24.2 Å². The number of hydrogen-bond acceptors (Lipinski definition) is 8. The summed E-state index contributed by atoms with van der Waals surface area (Å²) in [5.41, 5.74) is -1.39. The van der Waals surface area contributed by atoms with E-state index in [1.54, 1.807) is 26.8 Å². The van der Waals surface area contributed by atoms with E-state index in [0.29, 0.717) is 3.58 Å². The van der Waals surface area contributed by atoms with Gasteiger partial charge in [-0.05, 0) is 73.6 Å². The average molecular weight is 710 g/mol. The third-order valence-corrected chi connectivity index (χ3v) is 14.0. The number of hydroxylamine groups is 1. The second-order valence-corrected chi connectivity index (χ2v) is 19.7. The summed E-state index contributed by atoms with van der Waals surface area (Å²) in [6.45, 7) is 19.2. The van der Waals surface area contributed by atoms with Crippen LogP contribution in [0.2, 0.25) is 18.1 Å². The average Bonchev–Trinajstić information content (AvgIpc) is 2.81. The lowest BCUT2D eigenvalue weighted by atomic mass is 10.1. The minimum atomic E-state index is -4.57. The number of halogens is 1. The first-order valence-electron chi connectivity index (χ1n) is 12.8. The van der Waals surface area contributed by atoms with Crippen LogP contribution >= 0.6 is 22.6 Å². The highest BCUT2D eigenvalue weighted by Gasteiger charge is 2.45. The Morgan fingerprint density at radius 2 is 1.85 bits per heavy atom. The highest BCUT2D eigenvalue weighted by molar-refractivity contribution is 14.1. The molecule has 2 rings (SSSR count). The highest BCUT2D eigenvalue weighted by atomic mass is 127. The fraction of sp³-hybridized carbons (Fsp3) is 0.577. The number of benzene rings is 1. The van der Waals surface area contributed by atoms with Gasteiger partial charge in [-0.1, -0.05) is 43.4 Å². The molecule has 0 aliphatic carbocycles. The maximum atomic E-state index is 13.8. The molecule has 0 bridgehead atoms. The molecular formula is C26H40IN3O8SSi. The second-order valence-electron chi connectivity index (χ2n) is 11.9. The quantitative estimate of drug-likeness (QED) is 0.0948. The number of carbonyl (C=O) groups excluding carboxylic acids is 1. The first kappa shape index (κ1) is 34.3. The van der Waals surface area contributed by atoms with Crippen LogP contribution in [0.15, 0.2) is 51.5 Å². The van der Waals surface area contributed by atoms with Crippen molar-refractivity contribution in [3.8, 4) is 0 Å². The molecule has 2 atom stereocenters. The minimum Gasteiger partial charge on any atom is -0.444 e. The number of hydrogen-bond donors (Lipinski definition) is 0. The maximum Gasteiger partial charge on any atom is 0.410 e. The molecule has 1 aliphatic rings. The number of rotatable bonds is 10. The lowest BCUT2D eigenvalue weighted by Gasteiger charge is -2.43. The predicted octanol–water partition coefficient (Wildman–Crippen LogP) is 6.03. The van der Waals surface area contributed by atoms with E-state index >= 15 is 0 Å². The van der Waals surface area contributed by atoms with Gasteiger partial charge < -0.3 is 9.16 Å². The summed E-state index contributed by atoms with van der Waals surface area (Å²) < 4.78 is 41.1. The standard InChI is InChI=1S/C26H40IN3O8SSi/c1-10-15-36-30(39(34,35)23-14-12-11-13-21(23)29(32)33)22-17-28(24(31)38-25(2,3)4)19(16-20(22)27)18-37-40(8,9)26(5,6)7/h10-14,16,19,22H,1,15,17-18H2,2-9H3/t19-,22-/m1/s1. The lowest BCUT2D eigenvalue weighted by Crippen LogP contribution is -2.56. The van der Waals surface area contributed by atoms with E-state index in [0.717, 1.165) is 16.6 Å². The first-order valence-corrected chi connectivity index (χ1v) is 18.2. The van der Waals surface area contributed by atoms with Crippen molar-refractivity contribution < 1.29 is 32.1 Å². The van der Waals surface area contributed by atoms with E-state index in [-0.39, 0.29) is 24.8 Å². The molecule has 0 spiro atoms. The van der Waals surface area contributed by atoms with E-state index in [2.05, 4.69) is 40.4 Å². The van der Waals surface area contributed by atoms with Crippen LogP contribution in [0.4, 0.5) is 10.5 Å². The van der Waals surface area contributed by atoms with Gasteiger partial charge in [-0.2, -0.15) is 0 Å². The fourth-order valence-electron chi connectivity index (χ4n) is 3.52. The van der Waals surface area contributed by atoms with E-state index in [9.17, 15) is 23.3 Å². The lowest BCUT2D eigenvalue weighted by molar-refractivity contribution is -0.388. The van der Waals surface area contributed by atoms with Crippen LogP contribution < -0.4 is 0 Å². The Kier molecular flexibility index (Phi) is 11.1. The molecule has 1 aromatic rings. The van der Waals surface area contributed by atoms with Crippen LogP contribution in [-0.2, 0) is 24.0 Å². The molecule has 0 N–H and O–H groups in total. The van der Waals surface area contributed by atoms with Gasteiger partial charge in [0, 0.05) is 16.2 Å². The molecule has 11 nitrogen and oxygen atoms in total. The Bertz CT molecular complexity index is 1240. The van der Waals surface area contributed by atoms with Crippen molar-refractivity contribution >= 4 is 52.7 Å². The van der Waals surface area contributed by atoms with Gasteiger partial charge in [-0.15, -0.1) is 6.58 Å². The van der Waals surface area contributed by atoms with Gasteiger partial charge in [0.15, 0.2) is 13.2 Å². The molecule has 0 aromatic heterocycles. The van der Waals surface area contributed by atoms with Crippen molar-refractivity contribution in [3.05, 3.63) is 56.7 Å². The Balaban J connectivity index is 2.60. The summed E-state index contributed by atoms with van der Waals surface area (Å²) in [7, 11) is -6.75. The van der Waals surface area contributed by atoms with Crippen molar-refractivity contribution in [2.24, 2.45) is 0 Å². The smallest absolute Gasteiger partial charge is 0.410 e. The number of nitro benzene ring substituents is 1. The van der Waals surface area contributed by atoms with Crippen molar-refractivity contribution in [1.29, 1.82) is 0 Å². The molecular weight excluding hydrogens is 669 g/mol. The minimum absolute atomic E-state index is 0.0639. The summed E-state index contributed by atoms with van der Waals surface area (Å²) in [6.07, 6.45) is 2.47. The van der Waals surface area contributed by atoms with Crippen molar-refractivity contribution in [1.82, 2.24) is 9.37 Å². The number of nitro groups is 1. The molecule has 0 saturated heterocycles. The Morgan fingerprint density at radius 3 is 2.38 bits per heavy atom.